The first-order valence-corrected chi connectivity index (χ1v) is 9.50. The van der Waals surface area contributed by atoms with Gasteiger partial charge in [-0.05, 0) is 18.2 Å². The predicted octanol–water partition coefficient (Wildman–Crippen LogP) is 1.90. The molecule has 0 spiro atoms. The van der Waals surface area contributed by atoms with Crippen LogP contribution in [0.4, 0.5) is 18.9 Å². The summed E-state index contributed by atoms with van der Waals surface area (Å²) in [5, 5.41) is 3.72. The van der Waals surface area contributed by atoms with E-state index in [0.29, 0.717) is 6.07 Å². The summed E-state index contributed by atoms with van der Waals surface area (Å²) in [6, 6.07) is 2.41. The summed E-state index contributed by atoms with van der Waals surface area (Å²) < 4.78 is 81.8. The van der Waals surface area contributed by atoms with Crippen LogP contribution in [-0.2, 0) is 37.0 Å². The molecule has 0 saturated carbocycles. The summed E-state index contributed by atoms with van der Waals surface area (Å²) in [7, 11) is -1.75. The molecule has 1 heterocycles. The van der Waals surface area contributed by atoms with E-state index in [4.69, 9.17) is 9.47 Å². The van der Waals surface area contributed by atoms with Crippen LogP contribution in [0.1, 0.15) is 5.56 Å². The van der Waals surface area contributed by atoms with E-state index >= 15 is 0 Å². The third-order valence-electron chi connectivity index (χ3n) is 3.53. The molecule has 13 heteroatoms. The zero-order valence-electron chi connectivity index (χ0n) is 15.4. The lowest BCUT2D eigenvalue weighted by molar-refractivity contribution is -0.141. The van der Waals surface area contributed by atoms with Gasteiger partial charge in [-0.2, -0.15) is 18.3 Å². The molecule has 160 valence electrons. The summed E-state index contributed by atoms with van der Waals surface area (Å²) in [6.07, 6.45) is -2.70. The Balaban J connectivity index is 2.32. The van der Waals surface area contributed by atoms with Gasteiger partial charge in [-0.15, -0.1) is 0 Å². The van der Waals surface area contributed by atoms with Crippen molar-refractivity contribution in [1.82, 2.24) is 9.78 Å². The number of hydrogen-bond donors (Lipinski definition) is 1. The van der Waals surface area contributed by atoms with Gasteiger partial charge in [0.25, 0.3) is 10.0 Å². The maximum atomic E-state index is 13.0. The number of methoxy groups -OCH3 is 2. The maximum absolute atomic E-state index is 13.0. The van der Waals surface area contributed by atoms with Gasteiger partial charge >= 0.3 is 12.1 Å². The second-order valence-corrected chi connectivity index (χ2v) is 7.29. The third kappa shape index (κ3) is 6.09. The second kappa shape index (κ2) is 9.13. The van der Waals surface area contributed by atoms with Crippen LogP contribution < -0.4 is 9.46 Å². The number of nitrogens with zero attached hydrogens (tertiary/aromatic N) is 2. The topological polar surface area (TPSA) is 109 Å². The molecule has 2 aromatic rings. The quantitative estimate of drug-likeness (QED) is 0.471. The van der Waals surface area contributed by atoms with Gasteiger partial charge in [0.1, 0.15) is 23.8 Å². The van der Waals surface area contributed by atoms with Gasteiger partial charge in [0.15, 0.2) is 0 Å². The van der Waals surface area contributed by atoms with Crippen LogP contribution >= 0.6 is 0 Å². The third-order valence-corrected chi connectivity index (χ3v) is 4.85. The average Bonchev–Trinajstić information content (AvgIpc) is 3.11. The van der Waals surface area contributed by atoms with E-state index in [-0.39, 0.29) is 30.4 Å². The molecule has 0 atom stereocenters. The van der Waals surface area contributed by atoms with Crippen molar-refractivity contribution in [2.24, 2.45) is 0 Å². The number of esters is 1. The molecule has 9 nitrogen and oxygen atoms in total. The van der Waals surface area contributed by atoms with Crippen LogP contribution in [-0.4, -0.2) is 51.6 Å². The van der Waals surface area contributed by atoms with E-state index < -0.39 is 33.4 Å². The number of nitrogens with one attached hydrogen (secondary N) is 1. The normalized spacial score (nSPS) is 11.9. The van der Waals surface area contributed by atoms with Crippen molar-refractivity contribution in [3.63, 3.8) is 0 Å². The zero-order valence-corrected chi connectivity index (χ0v) is 16.2. The Kier molecular flexibility index (Phi) is 7.08. The number of sulfonamides is 1. The molecule has 0 radical (unpaired) electrons. The molecule has 1 N–H and O–H groups in total. The summed E-state index contributed by atoms with van der Waals surface area (Å²) in [5.41, 5.74) is -1.47. The van der Waals surface area contributed by atoms with E-state index in [9.17, 15) is 26.4 Å². The summed E-state index contributed by atoms with van der Waals surface area (Å²) in [5.74, 6) is -0.766. The lowest BCUT2D eigenvalue weighted by atomic mass is 10.2. The Hall–Kier alpha value is -2.80. The Morgan fingerprint density at radius 2 is 1.97 bits per heavy atom. The number of ether oxygens (including phenoxy) is 3. The van der Waals surface area contributed by atoms with Crippen LogP contribution in [0.25, 0.3) is 0 Å². The zero-order chi connectivity index (χ0) is 21.7. The van der Waals surface area contributed by atoms with Gasteiger partial charge in [-0.1, -0.05) is 0 Å². The first-order chi connectivity index (χ1) is 13.6. The minimum Gasteiger partial charge on any atom is -0.489 e. The fourth-order valence-electron chi connectivity index (χ4n) is 2.12. The van der Waals surface area contributed by atoms with Crippen molar-refractivity contribution in [1.29, 1.82) is 0 Å². The number of aromatic nitrogens is 2. The highest BCUT2D eigenvalue weighted by Gasteiger charge is 2.32. The monoisotopic (exact) mass is 437 g/mol. The molecular weight excluding hydrogens is 419 g/mol. The number of carbonyl (C=O) groups excluding carboxylic acids is 1. The molecule has 2 rings (SSSR count). The van der Waals surface area contributed by atoms with E-state index in [1.54, 1.807) is 0 Å². The minimum atomic E-state index is -4.68. The molecular formula is C16H18F3N3O6S. The molecule has 1 aromatic carbocycles. The van der Waals surface area contributed by atoms with Crippen molar-refractivity contribution in [2.75, 3.05) is 32.2 Å². The minimum absolute atomic E-state index is 0.00630. The van der Waals surface area contributed by atoms with Crippen LogP contribution in [0.5, 0.6) is 5.75 Å². The van der Waals surface area contributed by atoms with Crippen LogP contribution in [0.15, 0.2) is 35.5 Å². The Bertz CT molecular complexity index is 959. The first-order valence-electron chi connectivity index (χ1n) is 8.02. The molecule has 0 bridgehead atoms. The summed E-state index contributed by atoms with van der Waals surface area (Å²) >= 11 is 0. The molecule has 0 aliphatic rings. The second-order valence-electron chi connectivity index (χ2n) is 5.61. The number of alkyl halides is 3. The van der Waals surface area contributed by atoms with E-state index in [1.807, 2.05) is 0 Å². The smallest absolute Gasteiger partial charge is 0.416 e. The highest BCUT2D eigenvalue weighted by Crippen LogP contribution is 2.36. The Morgan fingerprint density at radius 3 is 2.59 bits per heavy atom. The molecule has 1 aromatic heterocycles. The van der Waals surface area contributed by atoms with E-state index in [2.05, 4.69) is 14.6 Å². The predicted molar refractivity (Wildman–Crippen MR) is 93.9 cm³/mol. The molecule has 0 aliphatic carbocycles. The van der Waals surface area contributed by atoms with Crippen molar-refractivity contribution < 1.29 is 40.6 Å². The van der Waals surface area contributed by atoms with Crippen LogP contribution in [0.2, 0.25) is 0 Å². The van der Waals surface area contributed by atoms with Gasteiger partial charge in [-0.25, -0.2) is 8.42 Å². The summed E-state index contributed by atoms with van der Waals surface area (Å²) in [6.45, 7) is -0.192. The van der Waals surface area contributed by atoms with Crippen LogP contribution in [0, 0.1) is 0 Å². The van der Waals surface area contributed by atoms with E-state index in [1.165, 1.54) is 7.11 Å². The number of rotatable bonds is 9. The summed E-state index contributed by atoms with van der Waals surface area (Å²) in [4.78, 5) is 10.9. The number of anilines is 1. The molecule has 0 aliphatic heterocycles. The first kappa shape index (κ1) is 22.5. The number of carbonyl (C=O) groups is 1. The van der Waals surface area contributed by atoms with Crippen molar-refractivity contribution >= 4 is 21.7 Å². The van der Waals surface area contributed by atoms with E-state index in [0.717, 1.165) is 36.3 Å². The lowest BCUT2D eigenvalue weighted by Crippen LogP contribution is -2.16. The Labute approximate surface area is 164 Å². The SMILES string of the molecule is COCCOc1ccc(C(F)(F)F)cc1NS(=O)(=O)c1cnn(CC(=O)OC)c1. The number of hydrogen-bond acceptors (Lipinski definition) is 7. The van der Waals surface area contributed by atoms with Gasteiger partial charge in [0, 0.05) is 13.3 Å². The van der Waals surface area contributed by atoms with Gasteiger partial charge in [0.05, 0.1) is 31.2 Å². The van der Waals surface area contributed by atoms with Crippen molar-refractivity contribution in [3.8, 4) is 5.75 Å². The molecule has 29 heavy (non-hydrogen) atoms. The fourth-order valence-corrected chi connectivity index (χ4v) is 3.13. The average molecular weight is 437 g/mol. The molecule has 0 saturated heterocycles. The lowest BCUT2D eigenvalue weighted by Gasteiger charge is -2.15. The number of halogens is 3. The Morgan fingerprint density at radius 1 is 1.24 bits per heavy atom. The number of benzene rings is 1. The van der Waals surface area contributed by atoms with Crippen molar-refractivity contribution in [2.45, 2.75) is 17.6 Å². The van der Waals surface area contributed by atoms with Crippen LogP contribution in [0.3, 0.4) is 0 Å². The van der Waals surface area contributed by atoms with Gasteiger partial charge < -0.3 is 14.2 Å². The largest absolute Gasteiger partial charge is 0.489 e. The van der Waals surface area contributed by atoms with Crippen molar-refractivity contribution in [3.05, 3.63) is 36.2 Å². The fraction of sp³-hybridized carbons (Fsp3) is 0.375. The molecule has 0 fully saturated rings. The molecule has 0 amide bonds. The maximum Gasteiger partial charge on any atom is 0.416 e. The standard InChI is InChI=1S/C16H18F3N3O6S/c1-26-5-6-28-14-4-3-11(16(17,18)19)7-13(14)21-29(24,25)12-8-20-22(9-12)10-15(23)27-2/h3-4,7-9,21H,5-6,10H2,1-2H3. The highest BCUT2D eigenvalue weighted by molar-refractivity contribution is 7.92. The molecule has 0 unspecified atom stereocenters. The van der Waals surface area contributed by atoms with Gasteiger partial charge in [0.2, 0.25) is 0 Å². The highest BCUT2D eigenvalue weighted by atomic mass is 32.2. The van der Waals surface area contributed by atoms with Gasteiger partial charge in [-0.3, -0.25) is 14.2 Å².